The van der Waals surface area contributed by atoms with Gasteiger partial charge in [-0.3, -0.25) is 0 Å². The standard InChI is InChI=1S/C6H16P2.2ClH.Pt/c1-7(2)5-6-8(3)4;;;/h5-6H2,1-4H3;2*1H;/q;;;+2/p-2. The Morgan fingerprint density at radius 2 is 1.09 bits per heavy atom. The third kappa shape index (κ3) is 24.5. The Labute approximate surface area is 89.7 Å². The predicted octanol–water partition coefficient (Wildman–Crippen LogP) is 3.85. The van der Waals surface area contributed by atoms with Gasteiger partial charge in [0.15, 0.2) is 0 Å². The summed E-state index contributed by atoms with van der Waals surface area (Å²) < 4.78 is 0. The minimum absolute atomic E-state index is 0.383. The van der Waals surface area contributed by atoms with Crippen LogP contribution in [0.2, 0.25) is 0 Å². The maximum absolute atomic E-state index is 4.88. The summed E-state index contributed by atoms with van der Waals surface area (Å²) in [6.07, 6.45) is 2.96. The van der Waals surface area contributed by atoms with Gasteiger partial charge >= 0.3 is 35.3 Å². The van der Waals surface area contributed by atoms with Gasteiger partial charge in [0.1, 0.15) is 0 Å². The zero-order chi connectivity index (χ0) is 9.28. The van der Waals surface area contributed by atoms with Crippen LogP contribution < -0.4 is 0 Å². The molecule has 5 heteroatoms. The SMILES string of the molecule is CP(C)CCP(C)C.[Cl][Pt][Cl]. The third-order valence-corrected chi connectivity index (χ3v) is 3.58. The number of hydrogen-bond donors (Lipinski definition) is 0. The Bertz CT molecular complexity index is 63.6. The molecule has 0 aliphatic rings. The summed E-state index contributed by atoms with van der Waals surface area (Å²) in [5, 5.41) is 0. The van der Waals surface area contributed by atoms with Gasteiger partial charge in [-0.25, -0.2) is 0 Å². The van der Waals surface area contributed by atoms with E-state index in [1.165, 1.54) is 12.3 Å². The van der Waals surface area contributed by atoms with Crippen molar-refractivity contribution in [2.45, 2.75) is 0 Å². The first-order chi connectivity index (χ1) is 5.04. The molecule has 0 nitrogen and oxygen atoms in total. The molecule has 0 aromatic rings. The minimum atomic E-state index is -0.472. The molecule has 0 fully saturated rings. The summed E-state index contributed by atoms with van der Waals surface area (Å²) in [5.74, 6) is 0. The first kappa shape index (κ1) is 15.6. The van der Waals surface area contributed by atoms with Crippen molar-refractivity contribution in [1.82, 2.24) is 0 Å². The Balaban J connectivity index is 0. The molecule has 0 spiro atoms. The molecule has 0 atom stereocenters. The Morgan fingerprint density at radius 1 is 0.909 bits per heavy atom. The summed E-state index contributed by atoms with van der Waals surface area (Å²) >= 11 is -0.472. The molecule has 0 N–H and O–H groups in total. The molecule has 0 aliphatic heterocycles. The molecule has 74 valence electrons. The van der Waals surface area contributed by atoms with Gasteiger partial charge in [0.2, 0.25) is 0 Å². The summed E-state index contributed by atoms with van der Waals surface area (Å²) in [6.45, 7) is 9.42. The van der Waals surface area contributed by atoms with Crippen molar-refractivity contribution < 1.29 is 16.5 Å². The van der Waals surface area contributed by atoms with Gasteiger partial charge in [-0.15, -0.1) is 15.8 Å². The van der Waals surface area contributed by atoms with Crippen LogP contribution in [0, 0.1) is 0 Å². The first-order valence-corrected chi connectivity index (χ1v) is 13.6. The molecule has 0 radical (unpaired) electrons. The number of rotatable bonds is 3. The van der Waals surface area contributed by atoms with Gasteiger partial charge in [-0.2, -0.15) is 0 Å². The quantitative estimate of drug-likeness (QED) is 0.614. The second kappa shape index (κ2) is 12.1. The van der Waals surface area contributed by atoms with Crippen LogP contribution >= 0.6 is 34.7 Å². The van der Waals surface area contributed by atoms with Crippen LogP contribution in [0.4, 0.5) is 0 Å². The van der Waals surface area contributed by atoms with E-state index in [0.29, 0.717) is 15.8 Å². The van der Waals surface area contributed by atoms with Crippen LogP contribution in [0.5, 0.6) is 0 Å². The topological polar surface area (TPSA) is 0 Å². The Kier molecular flexibility index (Phi) is 17.2. The van der Waals surface area contributed by atoms with E-state index in [1.807, 2.05) is 0 Å². The fourth-order valence-corrected chi connectivity index (χ4v) is 3.60. The van der Waals surface area contributed by atoms with Gasteiger partial charge < -0.3 is 0 Å². The Hall–Kier alpha value is 2.13. The average molecular weight is 416 g/mol. The van der Waals surface area contributed by atoms with Crippen molar-refractivity contribution in [3.8, 4) is 0 Å². The van der Waals surface area contributed by atoms with E-state index in [-0.39, 0.29) is 0 Å². The van der Waals surface area contributed by atoms with Crippen LogP contribution in [0.15, 0.2) is 0 Å². The molecule has 0 saturated heterocycles. The average Bonchev–Trinajstić information content (AvgIpc) is 1.85. The number of hydrogen-bond acceptors (Lipinski definition) is 0. The third-order valence-electron chi connectivity index (χ3n) is 0.994. The zero-order valence-electron chi connectivity index (χ0n) is 7.38. The van der Waals surface area contributed by atoms with Crippen molar-refractivity contribution >= 4 is 34.7 Å². The Morgan fingerprint density at radius 3 is 1.18 bits per heavy atom. The van der Waals surface area contributed by atoms with Crippen molar-refractivity contribution in [3.05, 3.63) is 0 Å². The maximum atomic E-state index is 4.88. The molecule has 0 aromatic heterocycles. The summed E-state index contributed by atoms with van der Waals surface area (Å²) in [7, 11) is 10.5. The summed E-state index contributed by atoms with van der Waals surface area (Å²) in [5.41, 5.74) is 0. The van der Waals surface area contributed by atoms with E-state index in [1.54, 1.807) is 0 Å². The van der Waals surface area contributed by atoms with E-state index in [4.69, 9.17) is 18.8 Å². The normalized spacial score (nSPS) is 10.2. The summed E-state index contributed by atoms with van der Waals surface area (Å²) in [4.78, 5) is 0. The zero-order valence-corrected chi connectivity index (χ0v) is 13.0. The molecule has 0 aliphatic carbocycles. The molecule has 0 aromatic carbocycles. The molecular weight excluding hydrogens is 400 g/mol. The van der Waals surface area contributed by atoms with Gasteiger partial charge in [0.05, 0.1) is 0 Å². The molecule has 0 heterocycles. The van der Waals surface area contributed by atoms with Crippen LogP contribution in [-0.2, 0) is 16.5 Å². The summed E-state index contributed by atoms with van der Waals surface area (Å²) in [6, 6.07) is 0. The van der Waals surface area contributed by atoms with E-state index >= 15 is 0 Å². The van der Waals surface area contributed by atoms with E-state index in [0.717, 1.165) is 0 Å². The first-order valence-electron chi connectivity index (χ1n) is 3.16. The van der Waals surface area contributed by atoms with E-state index in [9.17, 15) is 0 Å². The van der Waals surface area contributed by atoms with Crippen LogP contribution in [0.25, 0.3) is 0 Å². The number of halogens is 2. The van der Waals surface area contributed by atoms with E-state index < -0.39 is 16.5 Å². The predicted molar refractivity (Wildman–Crippen MR) is 59.0 cm³/mol. The molecular formula is C6H16Cl2P2Pt. The van der Waals surface area contributed by atoms with Crippen molar-refractivity contribution in [2.24, 2.45) is 0 Å². The second-order valence-corrected chi connectivity index (χ2v) is 11.1. The molecule has 11 heavy (non-hydrogen) atoms. The fourth-order valence-electron chi connectivity index (χ4n) is 0.400. The second-order valence-electron chi connectivity index (χ2n) is 2.65. The van der Waals surface area contributed by atoms with Gasteiger partial charge in [0, 0.05) is 0 Å². The van der Waals surface area contributed by atoms with Crippen LogP contribution in [0.1, 0.15) is 0 Å². The molecule has 0 bridgehead atoms. The van der Waals surface area contributed by atoms with Crippen molar-refractivity contribution in [3.63, 3.8) is 0 Å². The molecule has 0 saturated carbocycles. The monoisotopic (exact) mass is 415 g/mol. The molecule has 0 rings (SSSR count). The fraction of sp³-hybridized carbons (Fsp3) is 1.00. The van der Waals surface area contributed by atoms with E-state index in [2.05, 4.69) is 26.7 Å². The van der Waals surface area contributed by atoms with Crippen molar-refractivity contribution in [2.75, 3.05) is 39.0 Å². The van der Waals surface area contributed by atoms with Crippen molar-refractivity contribution in [1.29, 1.82) is 0 Å². The molecule has 0 amide bonds. The van der Waals surface area contributed by atoms with Gasteiger partial charge in [0.25, 0.3) is 0 Å². The van der Waals surface area contributed by atoms with Gasteiger partial charge in [-0.1, -0.05) is 0 Å². The van der Waals surface area contributed by atoms with Crippen LogP contribution in [0.3, 0.4) is 0 Å². The van der Waals surface area contributed by atoms with Gasteiger partial charge in [-0.05, 0) is 39.0 Å². The van der Waals surface area contributed by atoms with Crippen LogP contribution in [-0.4, -0.2) is 39.0 Å². The molecule has 0 unspecified atom stereocenters.